The van der Waals surface area contributed by atoms with E-state index in [1.165, 1.54) is 0 Å². The summed E-state index contributed by atoms with van der Waals surface area (Å²) in [6, 6.07) is 3.91. The maximum Gasteiger partial charge on any atom is 0.329 e. The van der Waals surface area contributed by atoms with Crippen LogP contribution in [0.25, 0.3) is 5.65 Å². The van der Waals surface area contributed by atoms with E-state index in [1.807, 2.05) is 35.9 Å². The Hall–Kier alpha value is -1.88. The number of carbonyl (C=O) groups is 1. The molecule has 2 rings (SSSR count). The summed E-state index contributed by atoms with van der Waals surface area (Å²) in [6.07, 6.45) is 3.74. The summed E-state index contributed by atoms with van der Waals surface area (Å²) in [6.45, 7) is 1.89. The van der Waals surface area contributed by atoms with Gasteiger partial charge in [-0.2, -0.15) is 0 Å². The van der Waals surface area contributed by atoms with Gasteiger partial charge in [-0.1, -0.05) is 6.07 Å². The van der Waals surface area contributed by atoms with Crippen LogP contribution >= 0.6 is 0 Å². The van der Waals surface area contributed by atoms with E-state index in [2.05, 4.69) is 4.98 Å². The highest BCUT2D eigenvalue weighted by atomic mass is 16.5. The molecular formula is C11H12N2O3. The van der Waals surface area contributed by atoms with Crippen LogP contribution < -0.4 is 0 Å². The molecule has 0 amide bonds. The summed E-state index contributed by atoms with van der Waals surface area (Å²) in [5.41, 5.74) is 2.68. The van der Waals surface area contributed by atoms with Crippen LogP contribution in [0.15, 0.2) is 24.5 Å². The molecule has 0 aliphatic carbocycles. The van der Waals surface area contributed by atoms with E-state index in [1.54, 1.807) is 0 Å². The van der Waals surface area contributed by atoms with Gasteiger partial charge in [0.25, 0.3) is 0 Å². The van der Waals surface area contributed by atoms with Crippen molar-refractivity contribution in [3.8, 4) is 0 Å². The lowest BCUT2D eigenvalue weighted by Crippen LogP contribution is -2.06. The molecule has 0 spiro atoms. The topological polar surface area (TPSA) is 63.8 Å². The van der Waals surface area contributed by atoms with Gasteiger partial charge in [0.1, 0.15) is 12.3 Å². The van der Waals surface area contributed by atoms with Crippen LogP contribution in [-0.2, 0) is 16.1 Å². The third-order valence-electron chi connectivity index (χ3n) is 2.20. The van der Waals surface area contributed by atoms with E-state index in [4.69, 9.17) is 9.84 Å². The lowest BCUT2D eigenvalue weighted by molar-refractivity contribution is -0.142. The van der Waals surface area contributed by atoms with Crippen LogP contribution in [0.4, 0.5) is 0 Å². The second kappa shape index (κ2) is 4.32. The summed E-state index contributed by atoms with van der Waals surface area (Å²) >= 11 is 0. The van der Waals surface area contributed by atoms with Crippen LogP contribution in [0.3, 0.4) is 0 Å². The number of aromatic nitrogens is 2. The van der Waals surface area contributed by atoms with Crippen LogP contribution in [-0.4, -0.2) is 27.1 Å². The molecular weight excluding hydrogens is 208 g/mol. The first-order valence-electron chi connectivity index (χ1n) is 4.89. The Morgan fingerprint density at radius 2 is 2.44 bits per heavy atom. The molecule has 0 aromatic carbocycles. The van der Waals surface area contributed by atoms with Crippen molar-refractivity contribution in [1.29, 1.82) is 0 Å². The molecule has 16 heavy (non-hydrogen) atoms. The number of hydrogen-bond acceptors (Lipinski definition) is 3. The Balaban J connectivity index is 2.14. The number of carboxylic acids is 1. The second-order valence-electron chi connectivity index (χ2n) is 3.54. The Morgan fingerprint density at radius 3 is 3.12 bits per heavy atom. The molecule has 0 unspecified atom stereocenters. The minimum absolute atomic E-state index is 0.216. The van der Waals surface area contributed by atoms with E-state index >= 15 is 0 Å². The minimum atomic E-state index is -0.972. The third-order valence-corrected chi connectivity index (χ3v) is 2.20. The molecule has 0 fully saturated rings. The van der Waals surface area contributed by atoms with Gasteiger partial charge in [-0.05, 0) is 18.6 Å². The quantitative estimate of drug-likeness (QED) is 0.842. The van der Waals surface area contributed by atoms with E-state index in [0.29, 0.717) is 0 Å². The molecule has 2 aromatic heterocycles. The molecule has 0 saturated carbocycles. The fraction of sp³-hybridized carbons (Fsp3) is 0.273. The number of carboxylic acid groups (broad SMARTS) is 1. The van der Waals surface area contributed by atoms with Crippen molar-refractivity contribution in [1.82, 2.24) is 9.38 Å². The third kappa shape index (κ3) is 2.20. The van der Waals surface area contributed by atoms with E-state index < -0.39 is 5.97 Å². The Bertz CT molecular complexity index is 519. The lowest BCUT2D eigenvalue weighted by Gasteiger charge is -1.95. The average Bonchev–Trinajstić information content (AvgIpc) is 2.61. The van der Waals surface area contributed by atoms with Crippen molar-refractivity contribution < 1.29 is 14.6 Å². The number of imidazole rings is 1. The molecule has 5 nitrogen and oxygen atoms in total. The highest BCUT2D eigenvalue weighted by Gasteiger charge is 2.04. The first-order valence-corrected chi connectivity index (χ1v) is 4.89. The molecule has 0 radical (unpaired) electrons. The van der Waals surface area contributed by atoms with Gasteiger partial charge in [0.15, 0.2) is 0 Å². The molecule has 2 aromatic rings. The SMILES string of the molecule is Cc1cccn2cc(COCC(=O)O)nc12. The largest absolute Gasteiger partial charge is 0.480 e. The molecule has 0 saturated heterocycles. The Morgan fingerprint density at radius 1 is 1.62 bits per heavy atom. The van der Waals surface area contributed by atoms with Crippen molar-refractivity contribution in [2.24, 2.45) is 0 Å². The number of aliphatic carboxylic acids is 1. The maximum atomic E-state index is 10.3. The normalized spacial score (nSPS) is 10.8. The predicted octanol–water partition coefficient (Wildman–Crippen LogP) is 1.24. The monoisotopic (exact) mass is 220 g/mol. The first-order chi connectivity index (χ1) is 7.66. The standard InChI is InChI=1S/C11H12N2O3/c1-8-3-2-4-13-5-9(12-11(8)13)6-16-7-10(14)15/h2-5H,6-7H2,1H3,(H,14,15). The van der Waals surface area contributed by atoms with E-state index in [9.17, 15) is 4.79 Å². The smallest absolute Gasteiger partial charge is 0.329 e. The zero-order valence-corrected chi connectivity index (χ0v) is 8.88. The zero-order valence-electron chi connectivity index (χ0n) is 8.88. The highest BCUT2D eigenvalue weighted by molar-refractivity contribution is 5.68. The summed E-state index contributed by atoms with van der Waals surface area (Å²) in [5, 5.41) is 8.42. The fourth-order valence-electron chi connectivity index (χ4n) is 1.52. The van der Waals surface area contributed by atoms with Crippen molar-refractivity contribution in [3.05, 3.63) is 35.8 Å². The van der Waals surface area contributed by atoms with Crippen molar-refractivity contribution in [2.75, 3.05) is 6.61 Å². The molecule has 0 atom stereocenters. The minimum Gasteiger partial charge on any atom is -0.480 e. The second-order valence-corrected chi connectivity index (χ2v) is 3.54. The highest BCUT2D eigenvalue weighted by Crippen LogP contribution is 2.10. The van der Waals surface area contributed by atoms with E-state index in [0.717, 1.165) is 16.9 Å². The average molecular weight is 220 g/mol. The number of ether oxygens (including phenoxy) is 1. The maximum absolute atomic E-state index is 10.3. The van der Waals surface area contributed by atoms with Gasteiger partial charge in [0.05, 0.1) is 12.3 Å². The molecule has 5 heteroatoms. The Kier molecular flexibility index (Phi) is 2.87. The zero-order chi connectivity index (χ0) is 11.5. The number of hydrogen-bond donors (Lipinski definition) is 1. The summed E-state index contributed by atoms with van der Waals surface area (Å²) in [5.74, 6) is -0.972. The number of nitrogens with zero attached hydrogens (tertiary/aromatic N) is 2. The van der Waals surface area contributed by atoms with Gasteiger partial charge in [-0.15, -0.1) is 0 Å². The first kappa shape index (κ1) is 10.6. The van der Waals surface area contributed by atoms with Crippen molar-refractivity contribution in [2.45, 2.75) is 13.5 Å². The van der Waals surface area contributed by atoms with Gasteiger partial charge in [-0.3, -0.25) is 0 Å². The number of pyridine rings is 1. The van der Waals surface area contributed by atoms with Crippen LogP contribution in [0, 0.1) is 6.92 Å². The molecule has 0 aliphatic rings. The fourth-order valence-corrected chi connectivity index (χ4v) is 1.52. The summed E-state index contributed by atoms with van der Waals surface area (Å²) in [4.78, 5) is 14.6. The van der Waals surface area contributed by atoms with Crippen LogP contribution in [0.2, 0.25) is 0 Å². The molecule has 2 heterocycles. The summed E-state index contributed by atoms with van der Waals surface area (Å²) < 4.78 is 6.87. The van der Waals surface area contributed by atoms with Crippen LogP contribution in [0.5, 0.6) is 0 Å². The van der Waals surface area contributed by atoms with Crippen molar-refractivity contribution in [3.63, 3.8) is 0 Å². The molecule has 84 valence electrons. The number of fused-ring (bicyclic) bond motifs is 1. The lowest BCUT2D eigenvalue weighted by atomic mass is 10.3. The number of aryl methyl sites for hydroxylation is 1. The number of rotatable bonds is 4. The Labute approximate surface area is 92.3 Å². The molecule has 0 aliphatic heterocycles. The molecule has 1 N–H and O–H groups in total. The van der Waals surface area contributed by atoms with Gasteiger partial charge in [0.2, 0.25) is 0 Å². The van der Waals surface area contributed by atoms with Gasteiger partial charge >= 0.3 is 5.97 Å². The molecule has 0 bridgehead atoms. The van der Waals surface area contributed by atoms with Crippen LogP contribution in [0.1, 0.15) is 11.3 Å². The van der Waals surface area contributed by atoms with Gasteiger partial charge < -0.3 is 14.2 Å². The summed E-state index contributed by atoms with van der Waals surface area (Å²) in [7, 11) is 0. The van der Waals surface area contributed by atoms with E-state index in [-0.39, 0.29) is 13.2 Å². The van der Waals surface area contributed by atoms with Gasteiger partial charge in [-0.25, -0.2) is 9.78 Å². The van der Waals surface area contributed by atoms with Gasteiger partial charge in [0, 0.05) is 12.4 Å². The van der Waals surface area contributed by atoms with Crippen molar-refractivity contribution >= 4 is 11.6 Å². The predicted molar refractivity (Wildman–Crippen MR) is 57.2 cm³/mol.